The van der Waals surface area contributed by atoms with Crippen molar-refractivity contribution in [1.29, 1.82) is 0 Å². The van der Waals surface area contributed by atoms with Gasteiger partial charge in [-0.05, 0) is 67.5 Å². The summed E-state index contributed by atoms with van der Waals surface area (Å²) in [4.78, 5) is 29.9. The normalized spacial score (nSPS) is 23.6. The zero-order valence-corrected chi connectivity index (χ0v) is 19.0. The molecule has 2 fully saturated rings. The van der Waals surface area contributed by atoms with Crippen molar-refractivity contribution in [2.75, 3.05) is 7.11 Å². The highest BCUT2D eigenvalue weighted by molar-refractivity contribution is 6.07. The van der Waals surface area contributed by atoms with E-state index in [9.17, 15) is 9.59 Å². The molecule has 5 heteroatoms. The first kappa shape index (κ1) is 21.0. The van der Waals surface area contributed by atoms with Crippen LogP contribution in [0.2, 0.25) is 0 Å². The number of carbonyl (C=O) groups is 2. The molecule has 0 bridgehead atoms. The fraction of sp³-hybridized carbons (Fsp3) is 0.481. The first-order valence-electron chi connectivity index (χ1n) is 12.0. The molecule has 2 amide bonds. The second-order valence-electron chi connectivity index (χ2n) is 9.60. The van der Waals surface area contributed by atoms with Gasteiger partial charge in [0.15, 0.2) is 0 Å². The van der Waals surface area contributed by atoms with Gasteiger partial charge < -0.3 is 15.0 Å². The van der Waals surface area contributed by atoms with Gasteiger partial charge in [-0.1, -0.05) is 49.9 Å². The van der Waals surface area contributed by atoms with Gasteiger partial charge in [-0.15, -0.1) is 0 Å². The van der Waals surface area contributed by atoms with Crippen molar-refractivity contribution in [3.8, 4) is 16.9 Å². The van der Waals surface area contributed by atoms with Crippen molar-refractivity contribution in [3.63, 3.8) is 0 Å². The van der Waals surface area contributed by atoms with E-state index in [1.165, 1.54) is 12.8 Å². The second-order valence-corrected chi connectivity index (χ2v) is 9.60. The van der Waals surface area contributed by atoms with Crippen molar-refractivity contribution in [1.82, 2.24) is 10.2 Å². The van der Waals surface area contributed by atoms with Crippen LogP contribution < -0.4 is 10.1 Å². The maximum atomic E-state index is 14.1. The monoisotopic (exact) mass is 432 g/mol. The van der Waals surface area contributed by atoms with E-state index in [1.54, 1.807) is 7.11 Å². The molecule has 1 heterocycles. The number of hydrogen-bond acceptors (Lipinski definition) is 3. The van der Waals surface area contributed by atoms with Crippen molar-refractivity contribution in [3.05, 3.63) is 53.6 Å². The number of rotatable bonds is 4. The van der Waals surface area contributed by atoms with E-state index >= 15 is 0 Å². The Hall–Kier alpha value is -2.82. The lowest BCUT2D eigenvalue weighted by Gasteiger charge is -2.41. The zero-order chi connectivity index (χ0) is 22.3. The van der Waals surface area contributed by atoms with Gasteiger partial charge in [0.1, 0.15) is 11.3 Å². The summed E-state index contributed by atoms with van der Waals surface area (Å²) >= 11 is 0. The standard InChI is InChI=1S/C27H32N2O3/c1-27(26(31)28-18-9-5-3-4-6-10-18)24-17-20(32-2)15-16-22(24)21-11-7-8-12-23(21)25(30)29(27)19-13-14-19/h7-8,11-12,15-19H,3-6,9-10,13-14H2,1-2H3,(H,28,31). The van der Waals surface area contributed by atoms with Crippen LogP contribution in [0.4, 0.5) is 0 Å². The number of nitrogens with zero attached hydrogens (tertiary/aromatic N) is 1. The molecule has 168 valence electrons. The molecule has 1 N–H and O–H groups in total. The number of fused-ring (bicyclic) bond motifs is 3. The molecule has 0 saturated heterocycles. The summed E-state index contributed by atoms with van der Waals surface area (Å²) in [5.41, 5.74) is 2.21. The summed E-state index contributed by atoms with van der Waals surface area (Å²) in [6.07, 6.45) is 8.61. The van der Waals surface area contributed by atoms with E-state index in [0.717, 1.165) is 55.2 Å². The van der Waals surface area contributed by atoms with Crippen molar-refractivity contribution in [2.45, 2.75) is 75.9 Å². The van der Waals surface area contributed by atoms with E-state index < -0.39 is 5.54 Å². The van der Waals surface area contributed by atoms with E-state index in [0.29, 0.717) is 11.3 Å². The molecule has 0 spiro atoms. The van der Waals surface area contributed by atoms with Crippen LogP contribution in [0, 0.1) is 0 Å². The van der Waals surface area contributed by atoms with E-state index in [1.807, 2.05) is 54.3 Å². The predicted octanol–water partition coefficient (Wildman–Crippen LogP) is 5.03. The van der Waals surface area contributed by atoms with Crippen LogP contribution in [-0.4, -0.2) is 35.9 Å². The molecular weight excluding hydrogens is 400 g/mol. The van der Waals surface area contributed by atoms with Crippen molar-refractivity contribution in [2.24, 2.45) is 0 Å². The molecule has 3 aliphatic rings. The smallest absolute Gasteiger partial charge is 0.255 e. The minimum Gasteiger partial charge on any atom is -0.497 e. The highest BCUT2D eigenvalue weighted by Gasteiger charge is 2.53. The second kappa shape index (κ2) is 8.27. The van der Waals surface area contributed by atoms with Crippen molar-refractivity contribution >= 4 is 11.8 Å². The molecule has 0 aromatic heterocycles. The van der Waals surface area contributed by atoms with Gasteiger partial charge in [-0.25, -0.2) is 0 Å². The van der Waals surface area contributed by atoms with Crippen LogP contribution in [0.5, 0.6) is 5.75 Å². The summed E-state index contributed by atoms with van der Waals surface area (Å²) in [5.74, 6) is 0.559. The quantitative estimate of drug-likeness (QED) is 0.689. The average molecular weight is 433 g/mol. The SMILES string of the molecule is COc1ccc2c(c1)C(C)(C(=O)NC1CCCCCC1)N(C1CC1)C(=O)c1ccccc1-2. The third kappa shape index (κ3) is 3.48. The van der Waals surface area contributed by atoms with Crippen LogP contribution in [0.25, 0.3) is 11.1 Å². The number of ether oxygens (including phenoxy) is 1. The largest absolute Gasteiger partial charge is 0.497 e. The molecule has 2 aromatic rings. The van der Waals surface area contributed by atoms with Gasteiger partial charge in [0.2, 0.25) is 0 Å². The van der Waals surface area contributed by atoms with Gasteiger partial charge in [0.05, 0.1) is 7.11 Å². The summed E-state index contributed by atoms with van der Waals surface area (Å²) in [7, 11) is 1.64. The van der Waals surface area contributed by atoms with Crippen LogP contribution in [0.1, 0.15) is 74.2 Å². The van der Waals surface area contributed by atoms with Crippen LogP contribution in [-0.2, 0) is 10.3 Å². The number of benzene rings is 2. The Morgan fingerprint density at radius 3 is 2.31 bits per heavy atom. The summed E-state index contributed by atoms with van der Waals surface area (Å²) < 4.78 is 5.55. The number of methoxy groups -OCH3 is 1. The molecule has 2 aliphatic carbocycles. The van der Waals surface area contributed by atoms with E-state index in [2.05, 4.69) is 5.32 Å². The van der Waals surface area contributed by atoms with Crippen LogP contribution >= 0.6 is 0 Å². The average Bonchev–Trinajstić information content (AvgIpc) is 3.66. The molecule has 1 atom stereocenters. The van der Waals surface area contributed by atoms with Gasteiger partial charge in [-0.3, -0.25) is 9.59 Å². The number of carbonyl (C=O) groups excluding carboxylic acids is 2. The highest BCUT2D eigenvalue weighted by Crippen LogP contribution is 2.47. The Bertz CT molecular complexity index is 1040. The zero-order valence-electron chi connectivity index (χ0n) is 19.0. The predicted molar refractivity (Wildman–Crippen MR) is 125 cm³/mol. The number of amides is 2. The molecule has 1 unspecified atom stereocenters. The molecular formula is C27H32N2O3. The number of hydrogen-bond donors (Lipinski definition) is 1. The molecule has 32 heavy (non-hydrogen) atoms. The molecule has 1 aliphatic heterocycles. The summed E-state index contributed by atoms with van der Waals surface area (Å²) in [5, 5.41) is 3.36. The third-order valence-electron chi connectivity index (χ3n) is 7.44. The number of nitrogens with one attached hydrogen (secondary N) is 1. The Kier molecular flexibility index (Phi) is 5.44. The fourth-order valence-corrected chi connectivity index (χ4v) is 5.50. The van der Waals surface area contributed by atoms with Crippen molar-refractivity contribution < 1.29 is 14.3 Å². The molecule has 2 aromatic carbocycles. The first-order chi connectivity index (χ1) is 15.5. The van der Waals surface area contributed by atoms with Gasteiger partial charge >= 0.3 is 0 Å². The minimum atomic E-state index is -1.10. The van der Waals surface area contributed by atoms with Gasteiger partial charge in [0.25, 0.3) is 11.8 Å². The summed E-state index contributed by atoms with van der Waals surface area (Å²) in [6, 6.07) is 13.8. The topological polar surface area (TPSA) is 58.6 Å². The minimum absolute atomic E-state index is 0.0585. The Morgan fingerprint density at radius 1 is 0.969 bits per heavy atom. The van der Waals surface area contributed by atoms with Gasteiger partial charge in [-0.2, -0.15) is 0 Å². The Morgan fingerprint density at radius 2 is 1.66 bits per heavy atom. The lowest BCUT2D eigenvalue weighted by molar-refractivity contribution is -0.133. The molecule has 5 nitrogen and oxygen atoms in total. The third-order valence-corrected chi connectivity index (χ3v) is 7.44. The first-order valence-corrected chi connectivity index (χ1v) is 12.0. The Balaban J connectivity index is 1.67. The lowest BCUT2D eigenvalue weighted by Crippen LogP contribution is -2.58. The molecule has 2 saturated carbocycles. The highest BCUT2D eigenvalue weighted by atomic mass is 16.5. The van der Waals surface area contributed by atoms with Crippen LogP contribution in [0.15, 0.2) is 42.5 Å². The summed E-state index contributed by atoms with van der Waals surface area (Å²) in [6.45, 7) is 1.93. The fourth-order valence-electron chi connectivity index (χ4n) is 5.50. The van der Waals surface area contributed by atoms with E-state index in [-0.39, 0.29) is 23.9 Å². The molecule has 0 radical (unpaired) electrons. The Labute approximate surface area is 190 Å². The maximum Gasteiger partial charge on any atom is 0.255 e. The maximum absolute atomic E-state index is 14.1. The van der Waals surface area contributed by atoms with Crippen LogP contribution in [0.3, 0.4) is 0 Å². The van der Waals surface area contributed by atoms with E-state index in [4.69, 9.17) is 4.74 Å². The van der Waals surface area contributed by atoms with Gasteiger partial charge in [0, 0.05) is 17.6 Å². The lowest BCUT2D eigenvalue weighted by atomic mass is 9.83. The molecule has 5 rings (SSSR count).